The molecule has 0 saturated carbocycles. The van der Waals surface area contributed by atoms with Crippen molar-refractivity contribution in [1.29, 1.82) is 0 Å². The highest BCUT2D eigenvalue weighted by Gasteiger charge is 2.13. The smallest absolute Gasteiger partial charge is 0.290 e. The molecule has 2 heterocycles. The summed E-state index contributed by atoms with van der Waals surface area (Å²) in [6, 6.07) is 10.7. The predicted molar refractivity (Wildman–Crippen MR) is 79.2 cm³/mol. The van der Waals surface area contributed by atoms with Crippen LogP contribution < -0.4 is 10.9 Å². The van der Waals surface area contributed by atoms with E-state index in [0.29, 0.717) is 5.69 Å². The molecule has 2 amide bonds. The fourth-order valence-electron chi connectivity index (χ4n) is 1.93. The van der Waals surface area contributed by atoms with E-state index < -0.39 is 17.6 Å². The second-order valence-electron chi connectivity index (χ2n) is 4.59. The van der Waals surface area contributed by atoms with Crippen molar-refractivity contribution in [3.8, 4) is 5.69 Å². The first-order valence-electron chi connectivity index (χ1n) is 6.70. The van der Waals surface area contributed by atoms with Gasteiger partial charge in [-0.15, -0.1) is 0 Å². The summed E-state index contributed by atoms with van der Waals surface area (Å²) in [6.45, 7) is 0. The van der Waals surface area contributed by atoms with Gasteiger partial charge in [0.15, 0.2) is 5.69 Å². The maximum atomic E-state index is 13.7. The standard InChI is InChI=1S/C15H12FN5O2/c16-10-4-1-2-6-13(10)21-9-7-12(20-21)15(23)19-18-14(22)11-5-3-8-17-11/h1-9,17H,(H,18,22)(H,19,23). The first kappa shape index (κ1) is 14.5. The van der Waals surface area contributed by atoms with Gasteiger partial charge >= 0.3 is 0 Å². The molecular weight excluding hydrogens is 301 g/mol. The fourth-order valence-corrected chi connectivity index (χ4v) is 1.93. The summed E-state index contributed by atoms with van der Waals surface area (Å²) >= 11 is 0. The number of amides is 2. The summed E-state index contributed by atoms with van der Waals surface area (Å²) in [6.07, 6.45) is 3.05. The van der Waals surface area contributed by atoms with Crippen LogP contribution in [0.2, 0.25) is 0 Å². The highest BCUT2D eigenvalue weighted by Crippen LogP contribution is 2.11. The minimum absolute atomic E-state index is 0.0417. The Morgan fingerprint density at radius 3 is 2.57 bits per heavy atom. The molecule has 0 aliphatic rings. The van der Waals surface area contributed by atoms with E-state index in [1.807, 2.05) is 0 Å². The van der Waals surface area contributed by atoms with Crippen molar-refractivity contribution in [2.75, 3.05) is 0 Å². The van der Waals surface area contributed by atoms with Gasteiger partial charge in [-0.25, -0.2) is 9.07 Å². The normalized spacial score (nSPS) is 10.3. The van der Waals surface area contributed by atoms with E-state index in [2.05, 4.69) is 20.9 Å². The molecule has 0 radical (unpaired) electrons. The van der Waals surface area contributed by atoms with Crippen LogP contribution >= 0.6 is 0 Å². The molecule has 1 aromatic carbocycles. The Bertz CT molecular complexity index is 841. The lowest BCUT2D eigenvalue weighted by Crippen LogP contribution is -2.42. The number of carbonyl (C=O) groups is 2. The molecule has 3 N–H and O–H groups in total. The third-order valence-electron chi connectivity index (χ3n) is 3.05. The second kappa shape index (κ2) is 6.14. The Balaban J connectivity index is 1.67. The summed E-state index contributed by atoms with van der Waals surface area (Å²) < 4.78 is 14.9. The molecule has 23 heavy (non-hydrogen) atoms. The van der Waals surface area contributed by atoms with Crippen LogP contribution in [0.3, 0.4) is 0 Å². The third kappa shape index (κ3) is 3.10. The molecule has 3 rings (SSSR count). The number of hydrazine groups is 1. The Morgan fingerprint density at radius 2 is 1.83 bits per heavy atom. The van der Waals surface area contributed by atoms with Crippen molar-refractivity contribution in [3.63, 3.8) is 0 Å². The molecule has 0 saturated heterocycles. The van der Waals surface area contributed by atoms with E-state index in [1.165, 1.54) is 29.1 Å². The lowest BCUT2D eigenvalue weighted by atomic mass is 10.3. The monoisotopic (exact) mass is 313 g/mol. The average Bonchev–Trinajstić information content (AvgIpc) is 3.24. The molecule has 116 valence electrons. The summed E-state index contributed by atoms with van der Waals surface area (Å²) in [7, 11) is 0. The van der Waals surface area contributed by atoms with E-state index in [0.717, 1.165) is 0 Å². The van der Waals surface area contributed by atoms with Gasteiger partial charge in [0.2, 0.25) is 0 Å². The Kier molecular flexibility index (Phi) is 3.88. The van der Waals surface area contributed by atoms with Gasteiger partial charge in [-0.3, -0.25) is 20.4 Å². The molecular formula is C15H12FN5O2. The van der Waals surface area contributed by atoms with Gasteiger partial charge in [0.05, 0.1) is 0 Å². The number of para-hydroxylation sites is 1. The van der Waals surface area contributed by atoms with Gasteiger partial charge in [0.1, 0.15) is 17.2 Å². The van der Waals surface area contributed by atoms with Crippen molar-refractivity contribution < 1.29 is 14.0 Å². The van der Waals surface area contributed by atoms with Crippen molar-refractivity contribution >= 4 is 11.8 Å². The van der Waals surface area contributed by atoms with Crippen LogP contribution in [0.4, 0.5) is 4.39 Å². The highest BCUT2D eigenvalue weighted by molar-refractivity contribution is 5.97. The van der Waals surface area contributed by atoms with E-state index in [1.54, 1.807) is 30.5 Å². The Morgan fingerprint density at radius 1 is 1.04 bits per heavy atom. The molecule has 0 spiro atoms. The topological polar surface area (TPSA) is 91.8 Å². The number of nitrogens with zero attached hydrogens (tertiary/aromatic N) is 2. The molecule has 0 aliphatic carbocycles. The van der Waals surface area contributed by atoms with Crippen LogP contribution in [0.25, 0.3) is 5.69 Å². The van der Waals surface area contributed by atoms with Crippen molar-refractivity contribution in [3.05, 3.63) is 72.1 Å². The van der Waals surface area contributed by atoms with E-state index in [-0.39, 0.29) is 11.4 Å². The van der Waals surface area contributed by atoms with Gasteiger partial charge in [0.25, 0.3) is 11.8 Å². The summed E-state index contributed by atoms with van der Waals surface area (Å²) in [5.74, 6) is -1.56. The SMILES string of the molecule is O=C(NNC(=O)c1ccc[nH]1)c1ccn(-c2ccccc2F)n1. The maximum absolute atomic E-state index is 13.7. The number of halogens is 1. The zero-order valence-electron chi connectivity index (χ0n) is 11.8. The molecule has 0 aliphatic heterocycles. The number of hydrogen-bond acceptors (Lipinski definition) is 3. The number of rotatable bonds is 3. The zero-order chi connectivity index (χ0) is 16.2. The number of benzene rings is 1. The second-order valence-corrected chi connectivity index (χ2v) is 4.59. The van der Waals surface area contributed by atoms with E-state index >= 15 is 0 Å². The Labute approximate surface area is 130 Å². The predicted octanol–water partition coefficient (Wildman–Crippen LogP) is 1.41. The summed E-state index contributed by atoms with van der Waals surface area (Å²) in [5.41, 5.74) is 5.06. The molecule has 7 nitrogen and oxygen atoms in total. The van der Waals surface area contributed by atoms with Crippen molar-refractivity contribution in [1.82, 2.24) is 25.6 Å². The minimum atomic E-state index is -0.611. The average molecular weight is 313 g/mol. The van der Waals surface area contributed by atoms with Crippen LogP contribution in [0.5, 0.6) is 0 Å². The minimum Gasteiger partial charge on any atom is -0.357 e. The van der Waals surface area contributed by atoms with Crippen LogP contribution in [0.1, 0.15) is 21.0 Å². The number of aromatic amines is 1. The maximum Gasteiger partial charge on any atom is 0.290 e. The highest BCUT2D eigenvalue weighted by atomic mass is 19.1. The van der Waals surface area contributed by atoms with Crippen molar-refractivity contribution in [2.45, 2.75) is 0 Å². The van der Waals surface area contributed by atoms with Crippen molar-refractivity contribution in [2.24, 2.45) is 0 Å². The van der Waals surface area contributed by atoms with Crippen LogP contribution in [0, 0.1) is 5.82 Å². The number of hydrogen-bond donors (Lipinski definition) is 3. The number of aromatic nitrogens is 3. The van der Waals surface area contributed by atoms with Gasteiger partial charge in [-0.1, -0.05) is 12.1 Å². The van der Waals surface area contributed by atoms with Gasteiger partial charge in [-0.05, 0) is 30.3 Å². The lowest BCUT2D eigenvalue weighted by Gasteiger charge is -2.05. The molecule has 0 unspecified atom stereocenters. The lowest BCUT2D eigenvalue weighted by molar-refractivity contribution is 0.0841. The summed E-state index contributed by atoms with van der Waals surface area (Å²) in [4.78, 5) is 26.3. The zero-order valence-corrected chi connectivity index (χ0v) is 11.8. The number of carbonyl (C=O) groups excluding carboxylic acids is 2. The first-order chi connectivity index (χ1) is 11.1. The Hall–Kier alpha value is -3.42. The number of H-pyrrole nitrogens is 1. The molecule has 0 fully saturated rings. The molecule has 0 bridgehead atoms. The number of nitrogens with one attached hydrogen (secondary N) is 3. The molecule has 2 aromatic heterocycles. The summed E-state index contributed by atoms with van der Waals surface area (Å²) in [5, 5.41) is 3.99. The molecule has 3 aromatic rings. The van der Waals surface area contributed by atoms with Crippen LogP contribution in [-0.2, 0) is 0 Å². The van der Waals surface area contributed by atoms with Gasteiger partial charge in [0, 0.05) is 12.4 Å². The van der Waals surface area contributed by atoms with E-state index in [9.17, 15) is 14.0 Å². The fraction of sp³-hybridized carbons (Fsp3) is 0. The largest absolute Gasteiger partial charge is 0.357 e. The molecule has 8 heteroatoms. The van der Waals surface area contributed by atoms with Gasteiger partial charge in [-0.2, -0.15) is 5.10 Å². The van der Waals surface area contributed by atoms with Gasteiger partial charge < -0.3 is 4.98 Å². The quantitative estimate of drug-likeness (QED) is 0.639. The molecule has 0 atom stereocenters. The third-order valence-corrected chi connectivity index (χ3v) is 3.05. The van der Waals surface area contributed by atoms with E-state index in [4.69, 9.17) is 0 Å². The van der Waals surface area contributed by atoms with Crippen LogP contribution in [-0.4, -0.2) is 26.6 Å². The van der Waals surface area contributed by atoms with Crippen LogP contribution in [0.15, 0.2) is 54.9 Å². The first-order valence-corrected chi connectivity index (χ1v) is 6.70.